The van der Waals surface area contributed by atoms with Crippen molar-refractivity contribution in [2.24, 2.45) is 0 Å². The van der Waals surface area contributed by atoms with Crippen molar-refractivity contribution in [3.05, 3.63) is 265 Å². The molecule has 2 nitrogen and oxygen atoms in total. The summed E-state index contributed by atoms with van der Waals surface area (Å²) >= 11 is 0. The maximum Gasteiger partial charge on any atom is 0.147 e. The van der Waals surface area contributed by atoms with E-state index in [1.54, 1.807) is 72.8 Å². The van der Waals surface area contributed by atoms with Gasteiger partial charge in [0.25, 0.3) is 0 Å². The fraction of sp³-hybridized carbons (Fsp3) is 0. The molecule has 0 bridgehead atoms. The van der Waals surface area contributed by atoms with E-state index in [9.17, 15) is 0 Å². The molecule has 358 valence electrons. The zero-order valence-corrected chi connectivity index (χ0v) is 38.7. The minimum Gasteiger partial charge on any atom is -0.304 e. The van der Waals surface area contributed by atoms with Crippen molar-refractivity contribution in [1.29, 1.82) is 0 Å². The molecule has 10 heteroatoms. The Labute approximate surface area is 419 Å². The Balaban J connectivity index is 1.13. The van der Waals surface area contributed by atoms with Gasteiger partial charge in [-0.2, -0.15) is 0 Å². The third kappa shape index (κ3) is 7.83. The Bertz CT molecular complexity index is 3710. The van der Waals surface area contributed by atoms with Crippen LogP contribution in [0.3, 0.4) is 0 Å². The average Bonchev–Trinajstić information content (AvgIpc) is 3.42. The van der Waals surface area contributed by atoms with Crippen molar-refractivity contribution in [3.8, 4) is 44.5 Å². The summed E-state index contributed by atoms with van der Waals surface area (Å²) in [5.74, 6) is -5.34. The SMILES string of the molecule is Fc1ccccc1-c1ccc(F)c(N(c2cc(-c3ccccc3F)ccc2F)c2ccc3ccc4c(N(c5cc(-c6ccccc6F)ccc5F)c5cc(-c6ccccc6F)ccc5F)ccc5ccc2c3c54)c1. The van der Waals surface area contributed by atoms with E-state index in [2.05, 4.69) is 0 Å². The predicted octanol–water partition coefficient (Wildman–Crippen LogP) is 19.3. The van der Waals surface area contributed by atoms with Gasteiger partial charge in [0.1, 0.15) is 46.5 Å². The number of halogens is 8. The first-order valence-electron chi connectivity index (χ1n) is 23.5. The van der Waals surface area contributed by atoms with Crippen LogP contribution in [0, 0.1) is 46.5 Å². The molecular formula is C64H36F8N2. The smallest absolute Gasteiger partial charge is 0.147 e. The topological polar surface area (TPSA) is 6.48 Å². The summed E-state index contributed by atoms with van der Waals surface area (Å²) in [4.78, 5) is 2.79. The van der Waals surface area contributed by atoms with Gasteiger partial charge in [0.15, 0.2) is 0 Å². The number of rotatable bonds is 10. The van der Waals surface area contributed by atoms with Crippen molar-refractivity contribution in [3.63, 3.8) is 0 Å². The molecule has 0 aliphatic heterocycles. The molecule has 0 fully saturated rings. The molecule has 0 heterocycles. The lowest BCUT2D eigenvalue weighted by molar-refractivity contribution is 0.618. The molecule has 12 aromatic carbocycles. The Hall–Kier alpha value is -9.28. The first-order valence-corrected chi connectivity index (χ1v) is 23.5. The van der Waals surface area contributed by atoms with Crippen LogP contribution in [0.4, 0.5) is 69.2 Å². The van der Waals surface area contributed by atoms with Crippen LogP contribution in [0.5, 0.6) is 0 Å². The van der Waals surface area contributed by atoms with Gasteiger partial charge in [0, 0.05) is 33.0 Å². The lowest BCUT2D eigenvalue weighted by atomic mass is 9.91. The standard InChI is InChI=1S/C64H36F8N2/c65-49-13-5-1-9-43(49)39-19-27-53(69)59(33-39)73(60-34-40(20-28-54(60)70)44-10-2-6-14-50(44)66)57-31-23-37-18-26-48-58(32-24-38-17-25-47(57)63(37)64(38)48)74(61-35-41(21-29-55(61)71)45-11-3-7-15-51(45)67)62-36-42(22-30-56(62)72)46-12-4-8-16-52(46)68/h1-36H. The molecule has 0 N–H and O–H groups in total. The summed E-state index contributed by atoms with van der Waals surface area (Å²) in [5.41, 5.74) is 1.90. The van der Waals surface area contributed by atoms with Gasteiger partial charge in [-0.05, 0) is 129 Å². The predicted molar refractivity (Wildman–Crippen MR) is 281 cm³/mol. The van der Waals surface area contributed by atoms with Crippen molar-refractivity contribution in [2.45, 2.75) is 0 Å². The number of benzene rings is 12. The maximum absolute atomic E-state index is 16.8. The second-order valence-corrected chi connectivity index (χ2v) is 17.8. The van der Waals surface area contributed by atoms with Crippen molar-refractivity contribution >= 4 is 66.4 Å². The second kappa shape index (κ2) is 18.4. The highest BCUT2D eigenvalue weighted by Crippen LogP contribution is 2.50. The third-order valence-electron chi connectivity index (χ3n) is 13.6. The molecule has 0 saturated heterocycles. The Morgan fingerprint density at radius 2 is 0.473 bits per heavy atom. The second-order valence-electron chi connectivity index (χ2n) is 17.8. The zero-order chi connectivity index (χ0) is 50.8. The molecule has 12 aromatic rings. The van der Waals surface area contributed by atoms with E-state index in [1.165, 1.54) is 131 Å². The van der Waals surface area contributed by atoms with Crippen molar-refractivity contribution in [1.82, 2.24) is 0 Å². The summed E-state index contributed by atoms with van der Waals surface area (Å²) in [7, 11) is 0. The van der Waals surface area contributed by atoms with E-state index in [4.69, 9.17) is 0 Å². The normalized spacial score (nSPS) is 11.5. The Morgan fingerprint density at radius 1 is 0.216 bits per heavy atom. The van der Waals surface area contributed by atoms with Crippen molar-refractivity contribution < 1.29 is 35.1 Å². The van der Waals surface area contributed by atoms with Gasteiger partial charge in [-0.25, -0.2) is 35.1 Å². The van der Waals surface area contributed by atoms with Crippen LogP contribution in [0.15, 0.2) is 218 Å². The molecule has 0 aliphatic rings. The van der Waals surface area contributed by atoms with Crippen LogP contribution in [0.25, 0.3) is 76.8 Å². The van der Waals surface area contributed by atoms with Gasteiger partial charge in [-0.3, -0.25) is 0 Å². The minimum absolute atomic E-state index is 0.146. The molecule has 0 radical (unpaired) electrons. The summed E-state index contributed by atoms with van der Waals surface area (Å²) in [5, 5.41) is 3.62. The average molecular weight is 985 g/mol. The van der Waals surface area contributed by atoms with Crippen LogP contribution in [0.1, 0.15) is 0 Å². The van der Waals surface area contributed by atoms with Gasteiger partial charge in [-0.15, -0.1) is 0 Å². The highest BCUT2D eigenvalue weighted by atomic mass is 19.2. The molecule has 0 saturated carbocycles. The summed E-state index contributed by atoms with van der Waals surface area (Å²) < 4.78 is 129. The first-order chi connectivity index (χ1) is 36.0. The molecule has 0 unspecified atom stereocenters. The summed E-state index contributed by atoms with van der Waals surface area (Å²) in [6.07, 6.45) is 0. The van der Waals surface area contributed by atoms with Crippen molar-refractivity contribution in [2.75, 3.05) is 9.80 Å². The van der Waals surface area contributed by atoms with Gasteiger partial charge in [-0.1, -0.05) is 133 Å². The Kier molecular flexibility index (Phi) is 11.4. The molecule has 0 aromatic heterocycles. The third-order valence-corrected chi connectivity index (χ3v) is 13.6. The maximum atomic E-state index is 16.8. The number of anilines is 6. The van der Waals surface area contributed by atoms with Crippen LogP contribution in [0.2, 0.25) is 0 Å². The van der Waals surface area contributed by atoms with Gasteiger partial charge >= 0.3 is 0 Å². The number of hydrogen-bond acceptors (Lipinski definition) is 2. The van der Waals surface area contributed by atoms with Gasteiger partial charge in [0.2, 0.25) is 0 Å². The van der Waals surface area contributed by atoms with Crippen LogP contribution in [-0.4, -0.2) is 0 Å². The molecular weight excluding hydrogens is 949 g/mol. The number of hydrogen-bond donors (Lipinski definition) is 0. The lowest BCUT2D eigenvalue weighted by Crippen LogP contribution is -2.15. The highest BCUT2D eigenvalue weighted by molar-refractivity contribution is 6.28. The van der Waals surface area contributed by atoms with Crippen LogP contribution >= 0.6 is 0 Å². The molecule has 0 spiro atoms. The minimum atomic E-state index is -0.774. The van der Waals surface area contributed by atoms with E-state index in [0.717, 1.165) is 0 Å². The molecule has 0 aliphatic carbocycles. The van der Waals surface area contributed by atoms with Gasteiger partial charge in [0.05, 0.1) is 34.1 Å². The van der Waals surface area contributed by atoms with E-state index in [0.29, 0.717) is 54.6 Å². The van der Waals surface area contributed by atoms with Crippen LogP contribution < -0.4 is 9.80 Å². The monoisotopic (exact) mass is 984 g/mol. The molecule has 0 amide bonds. The van der Waals surface area contributed by atoms with Crippen LogP contribution in [-0.2, 0) is 0 Å². The van der Waals surface area contributed by atoms with E-state index >= 15 is 35.1 Å². The summed E-state index contributed by atoms with van der Waals surface area (Å²) in [6.45, 7) is 0. The first kappa shape index (κ1) is 45.8. The number of nitrogens with zero attached hydrogens (tertiary/aromatic N) is 2. The van der Waals surface area contributed by atoms with E-state index in [1.807, 2.05) is 24.3 Å². The fourth-order valence-electron chi connectivity index (χ4n) is 10.1. The summed E-state index contributed by atoms with van der Waals surface area (Å²) in [6, 6.07) is 54.6. The lowest BCUT2D eigenvalue weighted by Gasteiger charge is -2.30. The Morgan fingerprint density at radius 3 is 0.743 bits per heavy atom. The highest BCUT2D eigenvalue weighted by Gasteiger charge is 2.28. The van der Waals surface area contributed by atoms with E-state index < -0.39 is 46.5 Å². The molecule has 0 atom stereocenters. The quantitative estimate of drug-likeness (QED) is 0.0995. The largest absolute Gasteiger partial charge is 0.304 e. The zero-order valence-electron chi connectivity index (χ0n) is 38.7. The van der Waals surface area contributed by atoms with E-state index in [-0.39, 0.29) is 56.4 Å². The molecule has 12 rings (SSSR count). The van der Waals surface area contributed by atoms with Gasteiger partial charge < -0.3 is 9.80 Å². The molecule has 74 heavy (non-hydrogen) atoms. The fourth-order valence-corrected chi connectivity index (χ4v) is 10.1.